The molecule has 206 valence electrons. The number of carbonyl (C=O) groups excluding carboxylic acids is 2. The summed E-state index contributed by atoms with van der Waals surface area (Å²) in [4.78, 5) is 28.2. The predicted octanol–water partition coefficient (Wildman–Crippen LogP) is 3.91. The monoisotopic (exact) mass is 556 g/mol. The Hall–Kier alpha value is -2.99. The maximum Gasteiger partial charge on any atom is 0.416 e. The van der Waals surface area contributed by atoms with E-state index in [2.05, 4.69) is 5.32 Å². The van der Waals surface area contributed by atoms with Gasteiger partial charge in [-0.15, -0.1) is 0 Å². The number of sulfone groups is 1. The van der Waals surface area contributed by atoms with Crippen LogP contribution >= 0.6 is 0 Å². The van der Waals surface area contributed by atoms with Gasteiger partial charge >= 0.3 is 6.18 Å². The van der Waals surface area contributed by atoms with Crippen LogP contribution in [-0.4, -0.2) is 57.2 Å². The van der Waals surface area contributed by atoms with E-state index in [1.807, 2.05) is 6.92 Å². The Morgan fingerprint density at radius 1 is 1.13 bits per heavy atom. The molecule has 3 atom stereocenters. The van der Waals surface area contributed by atoms with Gasteiger partial charge in [0.05, 0.1) is 29.7 Å². The average molecular weight is 557 g/mol. The Bertz CT molecular complexity index is 1360. The van der Waals surface area contributed by atoms with Crippen molar-refractivity contribution in [3.63, 3.8) is 0 Å². The molecule has 0 unspecified atom stereocenters. The molecule has 2 fully saturated rings. The number of likely N-dealkylation sites (tertiary alicyclic amines) is 1. The van der Waals surface area contributed by atoms with Crippen molar-refractivity contribution >= 4 is 21.7 Å². The van der Waals surface area contributed by atoms with E-state index in [0.29, 0.717) is 18.1 Å². The van der Waals surface area contributed by atoms with Crippen molar-refractivity contribution in [2.45, 2.75) is 43.4 Å². The molecule has 2 aliphatic rings. The van der Waals surface area contributed by atoms with E-state index in [4.69, 9.17) is 4.74 Å². The summed E-state index contributed by atoms with van der Waals surface area (Å²) in [6.07, 6.45) is -3.36. The third kappa shape index (κ3) is 5.70. The van der Waals surface area contributed by atoms with E-state index in [9.17, 15) is 35.6 Å². The van der Waals surface area contributed by atoms with Gasteiger partial charge in [0.25, 0.3) is 5.91 Å². The zero-order valence-corrected chi connectivity index (χ0v) is 21.8. The van der Waals surface area contributed by atoms with Crippen molar-refractivity contribution in [3.8, 4) is 0 Å². The van der Waals surface area contributed by atoms with Crippen molar-refractivity contribution in [2.75, 3.05) is 26.0 Å². The molecule has 2 heterocycles. The molecule has 0 bridgehead atoms. The van der Waals surface area contributed by atoms with Crippen molar-refractivity contribution in [2.24, 2.45) is 11.8 Å². The number of benzene rings is 2. The molecule has 1 N–H and O–H groups in total. The number of aryl methyl sites for hydroxylation is 1. The molecule has 12 heteroatoms. The fourth-order valence-corrected chi connectivity index (χ4v) is 5.91. The van der Waals surface area contributed by atoms with Gasteiger partial charge in [0.2, 0.25) is 5.91 Å². The van der Waals surface area contributed by atoms with Gasteiger partial charge in [-0.2, -0.15) is 13.2 Å². The summed E-state index contributed by atoms with van der Waals surface area (Å²) in [6.45, 7) is 4.09. The summed E-state index contributed by atoms with van der Waals surface area (Å²) < 4.78 is 83.4. The number of nitrogens with zero attached hydrogens (tertiary/aromatic N) is 1. The van der Waals surface area contributed by atoms with Crippen molar-refractivity contribution in [1.29, 1.82) is 0 Å². The van der Waals surface area contributed by atoms with Gasteiger partial charge in [0, 0.05) is 29.8 Å². The largest absolute Gasteiger partial charge is 0.416 e. The molecule has 4 rings (SSSR count). The molecule has 2 saturated heterocycles. The van der Waals surface area contributed by atoms with Gasteiger partial charge in [-0.1, -0.05) is 19.1 Å². The topological polar surface area (TPSA) is 92.8 Å². The third-order valence-corrected chi connectivity index (χ3v) is 8.24. The molecular formula is C26H28F4N2O5S. The first-order chi connectivity index (χ1) is 17.7. The molecule has 38 heavy (non-hydrogen) atoms. The highest BCUT2D eigenvalue weighted by Gasteiger charge is 2.41. The van der Waals surface area contributed by atoms with Crippen LogP contribution < -0.4 is 5.32 Å². The van der Waals surface area contributed by atoms with Gasteiger partial charge in [-0.3, -0.25) is 9.59 Å². The number of rotatable bonds is 6. The lowest BCUT2D eigenvalue weighted by atomic mass is 9.90. The van der Waals surface area contributed by atoms with E-state index >= 15 is 0 Å². The Labute approximate surface area is 218 Å². The minimum Gasteiger partial charge on any atom is -0.381 e. The third-order valence-electron chi connectivity index (χ3n) is 7.00. The van der Waals surface area contributed by atoms with Crippen molar-refractivity contribution in [3.05, 3.63) is 64.5 Å². The van der Waals surface area contributed by atoms with Crippen LogP contribution in [0.15, 0.2) is 41.3 Å². The van der Waals surface area contributed by atoms with E-state index < -0.39 is 51.3 Å². The summed E-state index contributed by atoms with van der Waals surface area (Å²) in [5, 5.41) is 2.75. The van der Waals surface area contributed by atoms with E-state index in [1.165, 1.54) is 23.1 Å². The fraction of sp³-hybridized carbons (Fsp3) is 0.462. The smallest absolute Gasteiger partial charge is 0.381 e. The normalized spacial score (nSPS) is 21.2. The molecule has 2 aromatic carbocycles. The zero-order valence-electron chi connectivity index (χ0n) is 21.0. The maximum absolute atomic E-state index is 14.8. The minimum atomic E-state index is -4.72. The zero-order chi connectivity index (χ0) is 28.0. The van der Waals surface area contributed by atoms with Gasteiger partial charge in [-0.05, 0) is 49.1 Å². The van der Waals surface area contributed by atoms with E-state index in [1.54, 1.807) is 6.92 Å². The minimum absolute atomic E-state index is 0.0134. The number of carbonyl (C=O) groups is 2. The predicted molar refractivity (Wildman–Crippen MR) is 129 cm³/mol. The summed E-state index contributed by atoms with van der Waals surface area (Å²) in [7, 11) is -3.59. The lowest BCUT2D eigenvalue weighted by molar-refractivity contribution is -0.138. The van der Waals surface area contributed by atoms with Crippen LogP contribution in [0.25, 0.3) is 0 Å². The lowest BCUT2D eigenvalue weighted by Crippen LogP contribution is -2.50. The number of alkyl halides is 3. The van der Waals surface area contributed by atoms with Crippen LogP contribution in [0.1, 0.15) is 46.4 Å². The van der Waals surface area contributed by atoms with E-state index in [0.717, 1.165) is 18.4 Å². The van der Waals surface area contributed by atoms with Gasteiger partial charge in [0.1, 0.15) is 11.9 Å². The fourth-order valence-electron chi connectivity index (χ4n) is 4.92. The first-order valence-electron chi connectivity index (χ1n) is 12.0. The second-order valence-electron chi connectivity index (χ2n) is 10.1. The average Bonchev–Trinajstić information content (AvgIpc) is 3.17. The van der Waals surface area contributed by atoms with Gasteiger partial charge in [-0.25, -0.2) is 12.8 Å². The van der Waals surface area contributed by atoms with Crippen molar-refractivity contribution < 1.29 is 40.3 Å². The molecule has 2 aromatic rings. The van der Waals surface area contributed by atoms with Crippen LogP contribution in [0.3, 0.4) is 0 Å². The number of halogens is 4. The standard InChI is InChI=1S/C26H28F4N2O5S/c1-14-8-21(32(11-14)25(34)16-5-4-15(2)22(9-16)38(3,35)36)24(33)31-23(17-12-37-13-17)19-7-6-18(10-20(19)27)26(28,29)30/h4-7,9-10,14,17,21,23H,8,11-13H2,1-3H3,(H,31,33)/t14-,21-,23-/m1/s1. The summed E-state index contributed by atoms with van der Waals surface area (Å²) in [5.74, 6) is -2.61. The number of nitrogens with one attached hydrogen (secondary N) is 1. The highest BCUT2D eigenvalue weighted by Crippen LogP contribution is 2.35. The molecule has 7 nitrogen and oxygen atoms in total. The van der Waals surface area contributed by atoms with E-state index in [-0.39, 0.29) is 47.6 Å². The lowest BCUT2D eigenvalue weighted by Gasteiger charge is -2.36. The summed E-state index contributed by atoms with van der Waals surface area (Å²) in [5.41, 5.74) is -0.639. The number of ether oxygens (including phenoxy) is 1. The Balaban J connectivity index is 1.60. The van der Waals surface area contributed by atoms with Crippen LogP contribution in [0.4, 0.5) is 17.6 Å². The molecule has 0 saturated carbocycles. The second-order valence-corrected chi connectivity index (χ2v) is 12.1. The Kier molecular flexibility index (Phi) is 7.59. The van der Waals surface area contributed by atoms with Crippen molar-refractivity contribution in [1.82, 2.24) is 10.2 Å². The summed E-state index contributed by atoms with van der Waals surface area (Å²) >= 11 is 0. The quantitative estimate of drug-likeness (QED) is 0.545. The molecular weight excluding hydrogens is 528 g/mol. The van der Waals surface area contributed by atoms with Crippen LogP contribution in [0, 0.1) is 24.6 Å². The molecule has 2 amide bonds. The van der Waals surface area contributed by atoms with Gasteiger partial charge < -0.3 is 15.0 Å². The van der Waals surface area contributed by atoms with Crippen LogP contribution in [-0.2, 0) is 25.5 Å². The Morgan fingerprint density at radius 3 is 2.37 bits per heavy atom. The highest BCUT2D eigenvalue weighted by molar-refractivity contribution is 7.90. The molecule has 0 radical (unpaired) electrons. The SMILES string of the molecule is Cc1ccc(C(=O)N2C[C@H](C)C[C@@H]2C(=O)N[C@@H](c2ccc(C(F)(F)F)cc2F)C2COC2)cc1S(C)(=O)=O. The molecule has 2 aliphatic heterocycles. The molecule has 0 aliphatic carbocycles. The van der Waals surface area contributed by atoms with Crippen LogP contribution in [0.5, 0.6) is 0 Å². The first kappa shape index (κ1) is 28.0. The van der Waals surface area contributed by atoms with Gasteiger partial charge in [0.15, 0.2) is 9.84 Å². The maximum atomic E-state index is 14.8. The number of hydrogen-bond donors (Lipinski definition) is 1. The molecule has 0 spiro atoms. The Morgan fingerprint density at radius 2 is 1.82 bits per heavy atom. The summed E-state index contributed by atoms with van der Waals surface area (Å²) in [6, 6.07) is 4.61. The molecule has 0 aromatic heterocycles. The number of hydrogen-bond acceptors (Lipinski definition) is 5. The highest BCUT2D eigenvalue weighted by atomic mass is 32.2. The number of amides is 2. The second kappa shape index (κ2) is 10.3. The first-order valence-corrected chi connectivity index (χ1v) is 13.9. The van der Waals surface area contributed by atoms with Crippen LogP contribution in [0.2, 0.25) is 0 Å².